The molecule has 28 heavy (non-hydrogen) atoms. The average molecular weight is 387 g/mol. The molecular formula is C22H34N4O2. The highest BCUT2D eigenvalue weighted by Crippen LogP contribution is 2.17. The number of carbonyl (C=O) groups excluding carboxylic acids is 2. The van der Waals surface area contributed by atoms with Gasteiger partial charge in [-0.15, -0.1) is 0 Å². The van der Waals surface area contributed by atoms with Crippen LogP contribution >= 0.6 is 0 Å². The summed E-state index contributed by atoms with van der Waals surface area (Å²) in [6, 6.07) is 7.86. The van der Waals surface area contributed by atoms with Crippen LogP contribution in [0.2, 0.25) is 0 Å². The molecule has 1 aromatic rings. The maximum absolute atomic E-state index is 12.8. The molecule has 2 aliphatic rings. The van der Waals surface area contributed by atoms with Crippen LogP contribution in [0.5, 0.6) is 0 Å². The summed E-state index contributed by atoms with van der Waals surface area (Å²) in [5.74, 6) is 0.0199. The first-order valence-corrected chi connectivity index (χ1v) is 10.6. The SMILES string of the molecule is Cc1ccccc1CN1CCNC(=O)C1CC(=O)N(C)CCN1CCCCC1. The molecular weight excluding hydrogens is 352 g/mol. The summed E-state index contributed by atoms with van der Waals surface area (Å²) in [7, 11) is 1.86. The number of piperazine rings is 1. The van der Waals surface area contributed by atoms with Gasteiger partial charge in [0.05, 0.1) is 12.5 Å². The minimum absolute atomic E-state index is 0.0300. The van der Waals surface area contributed by atoms with Crippen molar-refractivity contribution in [1.82, 2.24) is 20.0 Å². The van der Waals surface area contributed by atoms with Crippen LogP contribution in [0.25, 0.3) is 0 Å². The van der Waals surface area contributed by atoms with Crippen molar-refractivity contribution >= 4 is 11.8 Å². The van der Waals surface area contributed by atoms with E-state index >= 15 is 0 Å². The summed E-state index contributed by atoms with van der Waals surface area (Å²) in [6.45, 7) is 8.13. The Hall–Kier alpha value is -1.92. The van der Waals surface area contributed by atoms with Gasteiger partial charge >= 0.3 is 0 Å². The van der Waals surface area contributed by atoms with E-state index in [0.29, 0.717) is 13.1 Å². The Morgan fingerprint density at radius 3 is 2.68 bits per heavy atom. The van der Waals surface area contributed by atoms with Crippen molar-refractivity contribution in [3.05, 3.63) is 35.4 Å². The van der Waals surface area contributed by atoms with Crippen molar-refractivity contribution in [3.63, 3.8) is 0 Å². The van der Waals surface area contributed by atoms with Crippen molar-refractivity contribution in [2.45, 2.75) is 45.2 Å². The molecule has 2 saturated heterocycles. The molecule has 154 valence electrons. The van der Waals surface area contributed by atoms with Crippen LogP contribution in [0.4, 0.5) is 0 Å². The van der Waals surface area contributed by atoms with Crippen molar-refractivity contribution in [3.8, 4) is 0 Å². The van der Waals surface area contributed by atoms with Gasteiger partial charge in [0.2, 0.25) is 11.8 Å². The van der Waals surface area contributed by atoms with Gasteiger partial charge in [-0.1, -0.05) is 30.7 Å². The monoisotopic (exact) mass is 386 g/mol. The maximum Gasteiger partial charge on any atom is 0.237 e. The maximum atomic E-state index is 12.8. The Bertz CT molecular complexity index is 672. The predicted octanol–water partition coefficient (Wildman–Crippen LogP) is 1.63. The molecule has 0 saturated carbocycles. The predicted molar refractivity (Wildman–Crippen MR) is 111 cm³/mol. The van der Waals surface area contributed by atoms with Gasteiger partial charge in [0.1, 0.15) is 0 Å². The molecule has 1 atom stereocenters. The number of aryl methyl sites for hydroxylation is 1. The number of carbonyl (C=O) groups is 2. The molecule has 3 rings (SSSR count). The molecule has 0 aliphatic carbocycles. The van der Waals surface area contributed by atoms with Crippen LogP contribution in [0.15, 0.2) is 24.3 Å². The van der Waals surface area contributed by atoms with E-state index in [0.717, 1.165) is 32.7 Å². The van der Waals surface area contributed by atoms with Gasteiger partial charge < -0.3 is 15.1 Å². The topological polar surface area (TPSA) is 55.9 Å². The number of hydrogen-bond donors (Lipinski definition) is 1. The van der Waals surface area contributed by atoms with Crippen LogP contribution in [0.1, 0.15) is 36.8 Å². The first kappa shape index (κ1) is 20.8. The molecule has 1 N–H and O–H groups in total. The number of hydrogen-bond acceptors (Lipinski definition) is 4. The second kappa shape index (κ2) is 10.0. The number of benzene rings is 1. The number of amides is 2. The Morgan fingerprint density at radius 2 is 1.93 bits per heavy atom. The van der Waals surface area contributed by atoms with Crippen molar-refractivity contribution in [1.29, 1.82) is 0 Å². The molecule has 2 heterocycles. The van der Waals surface area contributed by atoms with Crippen molar-refractivity contribution in [2.75, 3.05) is 46.3 Å². The first-order valence-electron chi connectivity index (χ1n) is 10.6. The van der Waals surface area contributed by atoms with E-state index in [1.807, 2.05) is 19.2 Å². The Balaban J connectivity index is 1.56. The number of likely N-dealkylation sites (N-methyl/N-ethyl adjacent to an activating group) is 1. The van der Waals surface area contributed by atoms with Gasteiger partial charge in [0, 0.05) is 39.8 Å². The van der Waals surface area contributed by atoms with E-state index in [-0.39, 0.29) is 18.2 Å². The lowest BCUT2D eigenvalue weighted by Gasteiger charge is -2.36. The lowest BCUT2D eigenvalue weighted by atomic mass is 10.0. The van der Waals surface area contributed by atoms with Gasteiger partial charge in [-0.25, -0.2) is 0 Å². The standard InChI is InChI=1S/C22H34N4O2/c1-18-8-4-5-9-19(18)17-26-13-10-23-22(28)20(26)16-21(27)24(2)14-15-25-11-6-3-7-12-25/h4-5,8-9,20H,3,6-7,10-17H2,1-2H3,(H,23,28). The highest BCUT2D eigenvalue weighted by Gasteiger charge is 2.32. The van der Waals surface area contributed by atoms with Gasteiger partial charge in [-0.2, -0.15) is 0 Å². The molecule has 6 nitrogen and oxygen atoms in total. The van der Waals surface area contributed by atoms with Gasteiger partial charge in [0.25, 0.3) is 0 Å². The Morgan fingerprint density at radius 1 is 1.18 bits per heavy atom. The van der Waals surface area contributed by atoms with Crippen LogP contribution in [-0.2, 0) is 16.1 Å². The number of likely N-dealkylation sites (tertiary alicyclic amines) is 1. The van der Waals surface area contributed by atoms with Crippen LogP contribution in [-0.4, -0.2) is 78.9 Å². The van der Waals surface area contributed by atoms with E-state index in [1.54, 1.807) is 4.90 Å². The minimum atomic E-state index is -0.390. The minimum Gasteiger partial charge on any atom is -0.353 e. The van der Waals surface area contributed by atoms with Crippen LogP contribution in [0, 0.1) is 6.92 Å². The summed E-state index contributed by atoms with van der Waals surface area (Å²) in [5.41, 5.74) is 2.44. The van der Waals surface area contributed by atoms with Gasteiger partial charge in [-0.05, 0) is 44.0 Å². The smallest absolute Gasteiger partial charge is 0.237 e. The summed E-state index contributed by atoms with van der Waals surface area (Å²) in [5, 5.41) is 2.93. The molecule has 2 aliphatic heterocycles. The third-order valence-corrected chi connectivity index (χ3v) is 6.07. The number of piperidine rings is 1. The van der Waals surface area contributed by atoms with E-state index < -0.39 is 6.04 Å². The summed E-state index contributed by atoms with van der Waals surface area (Å²) >= 11 is 0. The number of nitrogens with one attached hydrogen (secondary N) is 1. The highest BCUT2D eigenvalue weighted by atomic mass is 16.2. The van der Waals surface area contributed by atoms with E-state index in [1.165, 1.54) is 30.4 Å². The summed E-state index contributed by atoms with van der Waals surface area (Å²) < 4.78 is 0. The van der Waals surface area contributed by atoms with E-state index in [9.17, 15) is 9.59 Å². The fourth-order valence-corrected chi connectivity index (χ4v) is 4.10. The Kier molecular flexibility index (Phi) is 7.45. The van der Waals surface area contributed by atoms with E-state index in [2.05, 4.69) is 34.2 Å². The van der Waals surface area contributed by atoms with E-state index in [4.69, 9.17) is 0 Å². The molecule has 1 unspecified atom stereocenters. The molecule has 0 aromatic heterocycles. The molecule has 0 radical (unpaired) electrons. The zero-order valence-corrected chi connectivity index (χ0v) is 17.3. The summed E-state index contributed by atoms with van der Waals surface area (Å²) in [6.07, 6.45) is 4.08. The number of nitrogens with zero attached hydrogens (tertiary/aromatic N) is 3. The second-order valence-electron chi connectivity index (χ2n) is 8.13. The molecule has 6 heteroatoms. The largest absolute Gasteiger partial charge is 0.353 e. The molecule has 0 spiro atoms. The lowest BCUT2D eigenvalue weighted by molar-refractivity contribution is -0.138. The van der Waals surface area contributed by atoms with Gasteiger partial charge in [0.15, 0.2) is 0 Å². The molecule has 0 bridgehead atoms. The zero-order chi connectivity index (χ0) is 19.9. The first-order chi connectivity index (χ1) is 13.5. The third kappa shape index (κ3) is 5.55. The molecule has 2 amide bonds. The second-order valence-corrected chi connectivity index (χ2v) is 8.13. The highest BCUT2D eigenvalue weighted by molar-refractivity contribution is 5.88. The van der Waals surface area contributed by atoms with Crippen LogP contribution < -0.4 is 5.32 Å². The van der Waals surface area contributed by atoms with Crippen molar-refractivity contribution in [2.24, 2.45) is 0 Å². The normalized spacial score (nSPS) is 21.4. The lowest BCUT2D eigenvalue weighted by Crippen LogP contribution is -2.56. The third-order valence-electron chi connectivity index (χ3n) is 6.07. The van der Waals surface area contributed by atoms with Crippen molar-refractivity contribution < 1.29 is 9.59 Å². The zero-order valence-electron chi connectivity index (χ0n) is 17.3. The quantitative estimate of drug-likeness (QED) is 0.774. The fraction of sp³-hybridized carbons (Fsp3) is 0.636. The average Bonchev–Trinajstić information content (AvgIpc) is 2.71. The summed E-state index contributed by atoms with van der Waals surface area (Å²) in [4.78, 5) is 31.7. The molecule has 1 aromatic carbocycles. The fourth-order valence-electron chi connectivity index (χ4n) is 4.10. The van der Waals surface area contributed by atoms with Gasteiger partial charge in [-0.3, -0.25) is 14.5 Å². The Labute approximate surface area is 168 Å². The molecule has 2 fully saturated rings. The van der Waals surface area contributed by atoms with Crippen LogP contribution in [0.3, 0.4) is 0 Å². The number of rotatable bonds is 7.